The van der Waals surface area contributed by atoms with Gasteiger partial charge in [-0.15, -0.1) is 0 Å². The van der Waals surface area contributed by atoms with Crippen molar-refractivity contribution in [3.05, 3.63) is 40.5 Å². The molecule has 0 bridgehead atoms. The van der Waals surface area contributed by atoms with Gasteiger partial charge in [0.1, 0.15) is 16.8 Å². The molecule has 0 spiro atoms. The molecule has 0 atom stereocenters. The van der Waals surface area contributed by atoms with Crippen molar-refractivity contribution in [2.24, 2.45) is 5.92 Å². The van der Waals surface area contributed by atoms with Crippen LogP contribution in [0.2, 0.25) is 0 Å². The highest BCUT2D eigenvalue weighted by Gasteiger charge is 2.17. The fraction of sp³-hybridized carbons (Fsp3) is 0.389. The second kappa shape index (κ2) is 6.51. The van der Waals surface area contributed by atoms with Crippen LogP contribution >= 0.6 is 11.3 Å². The van der Waals surface area contributed by atoms with Crippen molar-refractivity contribution >= 4 is 16.3 Å². The van der Waals surface area contributed by atoms with E-state index in [9.17, 15) is 5.26 Å². The number of benzene rings is 1. The molecule has 0 aliphatic rings. The zero-order valence-electron chi connectivity index (χ0n) is 13.7. The van der Waals surface area contributed by atoms with Crippen LogP contribution in [0.5, 0.6) is 0 Å². The van der Waals surface area contributed by atoms with Crippen LogP contribution in [-0.2, 0) is 12.8 Å². The number of aromatic nitrogens is 3. The smallest absolute Gasteiger partial charge is 0.214 e. The van der Waals surface area contributed by atoms with Gasteiger partial charge < -0.3 is 0 Å². The van der Waals surface area contributed by atoms with Crippen LogP contribution in [-0.4, -0.2) is 14.6 Å². The maximum atomic E-state index is 9.53. The largest absolute Gasteiger partial charge is 0.216 e. The molecule has 2 heterocycles. The predicted molar refractivity (Wildman–Crippen MR) is 93.6 cm³/mol. The highest BCUT2D eigenvalue weighted by molar-refractivity contribution is 7.16. The first-order valence-electron chi connectivity index (χ1n) is 8.00. The van der Waals surface area contributed by atoms with Gasteiger partial charge in [0.25, 0.3) is 0 Å². The summed E-state index contributed by atoms with van der Waals surface area (Å²) in [5.41, 5.74) is 3.54. The maximum Gasteiger partial charge on any atom is 0.214 e. The highest BCUT2D eigenvalue weighted by Crippen LogP contribution is 2.27. The van der Waals surface area contributed by atoms with Gasteiger partial charge in [-0.3, -0.25) is 0 Å². The van der Waals surface area contributed by atoms with Gasteiger partial charge >= 0.3 is 0 Å². The number of nitrogens with zero attached hydrogens (tertiary/aromatic N) is 4. The maximum absolute atomic E-state index is 9.53. The lowest BCUT2D eigenvalue weighted by atomic mass is 10.0. The Kier molecular flexibility index (Phi) is 4.44. The molecule has 5 heteroatoms. The molecule has 2 aromatic heterocycles. The van der Waals surface area contributed by atoms with E-state index in [0.717, 1.165) is 40.5 Å². The molecule has 0 aliphatic carbocycles. The molecule has 0 radical (unpaired) electrons. The lowest BCUT2D eigenvalue weighted by Gasteiger charge is -2.05. The van der Waals surface area contributed by atoms with Crippen molar-refractivity contribution in [3.8, 4) is 17.3 Å². The third-order valence-corrected chi connectivity index (χ3v) is 4.65. The van der Waals surface area contributed by atoms with Gasteiger partial charge in [0, 0.05) is 12.0 Å². The van der Waals surface area contributed by atoms with Crippen molar-refractivity contribution < 1.29 is 0 Å². The van der Waals surface area contributed by atoms with E-state index in [1.165, 1.54) is 5.56 Å². The SMILES string of the molecule is CCCc1nn2c(C#N)c(-c3ccc(CC(C)C)cc3)nc2s1. The van der Waals surface area contributed by atoms with E-state index in [1.807, 2.05) is 0 Å². The molecule has 0 unspecified atom stereocenters. The average molecular weight is 324 g/mol. The van der Waals surface area contributed by atoms with Crippen molar-refractivity contribution in [1.82, 2.24) is 14.6 Å². The molecule has 0 aliphatic heterocycles. The van der Waals surface area contributed by atoms with Crippen molar-refractivity contribution in [1.29, 1.82) is 5.26 Å². The Balaban J connectivity index is 1.99. The summed E-state index contributed by atoms with van der Waals surface area (Å²) in [4.78, 5) is 5.44. The minimum Gasteiger partial charge on any atom is -0.216 e. The lowest BCUT2D eigenvalue weighted by molar-refractivity contribution is 0.647. The van der Waals surface area contributed by atoms with E-state index in [-0.39, 0.29) is 0 Å². The van der Waals surface area contributed by atoms with Crippen molar-refractivity contribution in [2.45, 2.75) is 40.0 Å². The van der Waals surface area contributed by atoms with Crippen LogP contribution in [0, 0.1) is 17.2 Å². The summed E-state index contributed by atoms with van der Waals surface area (Å²) in [5, 5.41) is 15.1. The Bertz CT molecular complexity index is 850. The van der Waals surface area contributed by atoms with E-state index >= 15 is 0 Å². The van der Waals surface area contributed by atoms with Gasteiger partial charge in [-0.25, -0.2) is 4.98 Å². The molecule has 0 saturated heterocycles. The summed E-state index contributed by atoms with van der Waals surface area (Å²) in [7, 11) is 0. The number of nitriles is 1. The first kappa shape index (κ1) is 15.7. The van der Waals surface area contributed by atoms with Gasteiger partial charge in [0.05, 0.1) is 0 Å². The molecule has 0 fully saturated rings. The van der Waals surface area contributed by atoms with Gasteiger partial charge in [-0.1, -0.05) is 56.4 Å². The Labute approximate surface area is 140 Å². The van der Waals surface area contributed by atoms with Crippen molar-refractivity contribution in [2.75, 3.05) is 0 Å². The van der Waals surface area contributed by atoms with Crippen LogP contribution in [0.1, 0.15) is 43.5 Å². The summed E-state index contributed by atoms with van der Waals surface area (Å²) in [5.74, 6) is 0.634. The molecule has 0 saturated carbocycles. The fourth-order valence-electron chi connectivity index (χ4n) is 2.67. The van der Waals surface area contributed by atoms with E-state index < -0.39 is 0 Å². The third-order valence-electron chi connectivity index (χ3n) is 3.69. The molecular formula is C18H20N4S. The molecule has 0 N–H and O–H groups in total. The van der Waals surface area contributed by atoms with E-state index in [2.05, 4.69) is 61.2 Å². The minimum atomic E-state index is 0.523. The molecule has 0 amide bonds. The minimum absolute atomic E-state index is 0.523. The summed E-state index contributed by atoms with van der Waals surface area (Å²) >= 11 is 1.57. The Morgan fingerprint density at radius 2 is 2.00 bits per heavy atom. The number of imidazole rings is 1. The highest BCUT2D eigenvalue weighted by atomic mass is 32.1. The summed E-state index contributed by atoms with van der Waals surface area (Å²) in [6.45, 7) is 6.55. The normalized spacial score (nSPS) is 11.3. The summed E-state index contributed by atoms with van der Waals surface area (Å²) in [6.07, 6.45) is 3.03. The molecule has 3 rings (SSSR count). The number of fused-ring (bicyclic) bond motifs is 1. The molecule has 118 valence electrons. The van der Waals surface area contributed by atoms with Crippen LogP contribution in [0.3, 0.4) is 0 Å². The third kappa shape index (κ3) is 3.13. The van der Waals surface area contributed by atoms with E-state index in [4.69, 9.17) is 0 Å². The van der Waals surface area contributed by atoms with Gasteiger partial charge in [-0.05, 0) is 24.3 Å². The monoisotopic (exact) mass is 324 g/mol. The van der Waals surface area contributed by atoms with Gasteiger partial charge in [-0.2, -0.15) is 14.9 Å². The second-order valence-corrected chi connectivity index (χ2v) is 7.20. The van der Waals surface area contributed by atoms with Gasteiger partial charge in [0.2, 0.25) is 4.96 Å². The van der Waals surface area contributed by atoms with Crippen LogP contribution in [0.25, 0.3) is 16.2 Å². The predicted octanol–water partition coefficient (Wildman–Crippen LogP) is 4.48. The molecule has 4 nitrogen and oxygen atoms in total. The Morgan fingerprint density at radius 1 is 1.26 bits per heavy atom. The number of aryl methyl sites for hydroxylation is 1. The number of hydrogen-bond donors (Lipinski definition) is 0. The van der Waals surface area contributed by atoms with Crippen LogP contribution < -0.4 is 0 Å². The Hall–Kier alpha value is -2.19. The van der Waals surface area contributed by atoms with Crippen LogP contribution in [0.15, 0.2) is 24.3 Å². The lowest BCUT2D eigenvalue weighted by Crippen LogP contribution is -1.94. The summed E-state index contributed by atoms with van der Waals surface area (Å²) in [6, 6.07) is 10.6. The topological polar surface area (TPSA) is 54.0 Å². The Morgan fingerprint density at radius 3 is 2.61 bits per heavy atom. The number of hydrogen-bond acceptors (Lipinski definition) is 4. The van der Waals surface area contributed by atoms with E-state index in [1.54, 1.807) is 15.9 Å². The molecule has 1 aromatic carbocycles. The number of rotatable bonds is 5. The second-order valence-electron chi connectivity index (χ2n) is 6.16. The summed E-state index contributed by atoms with van der Waals surface area (Å²) < 4.78 is 1.69. The van der Waals surface area contributed by atoms with E-state index in [0.29, 0.717) is 11.6 Å². The van der Waals surface area contributed by atoms with Crippen molar-refractivity contribution in [3.63, 3.8) is 0 Å². The first-order valence-corrected chi connectivity index (χ1v) is 8.81. The first-order chi connectivity index (χ1) is 11.1. The fourth-order valence-corrected chi connectivity index (χ4v) is 3.67. The van der Waals surface area contributed by atoms with Gasteiger partial charge in [0.15, 0.2) is 5.69 Å². The van der Waals surface area contributed by atoms with Crippen LogP contribution in [0.4, 0.5) is 0 Å². The molecule has 3 aromatic rings. The molecular weight excluding hydrogens is 304 g/mol. The average Bonchev–Trinajstić information content (AvgIpc) is 3.04. The quantitative estimate of drug-likeness (QED) is 0.695. The zero-order valence-corrected chi connectivity index (χ0v) is 14.5. The standard InChI is InChI=1S/C18H20N4S/c1-4-5-16-21-22-15(11-19)17(20-18(22)23-16)14-8-6-13(7-9-14)10-12(2)3/h6-9,12H,4-5,10H2,1-3H3. The molecule has 23 heavy (non-hydrogen) atoms. The zero-order chi connectivity index (χ0) is 16.4.